The van der Waals surface area contributed by atoms with E-state index in [1.807, 2.05) is 54.3 Å². The molecule has 1 aromatic carbocycles. The lowest BCUT2D eigenvalue weighted by Crippen LogP contribution is -2.23. The smallest absolute Gasteiger partial charge is 0.253 e. The van der Waals surface area contributed by atoms with E-state index in [1.54, 1.807) is 0 Å². The number of carbonyl (C=O) groups is 1. The fraction of sp³-hybridized carbons (Fsp3) is 0.300. The molecule has 25 heavy (non-hydrogen) atoms. The van der Waals surface area contributed by atoms with E-state index in [1.165, 1.54) is 12.8 Å². The zero-order valence-electron chi connectivity index (χ0n) is 14.4. The van der Waals surface area contributed by atoms with Gasteiger partial charge in [0.2, 0.25) is 0 Å². The summed E-state index contributed by atoms with van der Waals surface area (Å²) in [6.45, 7) is 2.64. The number of amides is 1. The molecule has 4 rings (SSSR count). The van der Waals surface area contributed by atoms with E-state index in [0.29, 0.717) is 12.1 Å². The van der Waals surface area contributed by atoms with Gasteiger partial charge in [-0.15, -0.1) is 0 Å². The molecule has 128 valence electrons. The first kappa shape index (κ1) is 15.7. The van der Waals surface area contributed by atoms with Crippen LogP contribution in [0.4, 0.5) is 5.82 Å². The number of aryl methyl sites for hydroxylation is 1. The molecule has 0 aliphatic carbocycles. The summed E-state index contributed by atoms with van der Waals surface area (Å²) in [5.74, 6) is 0.964. The van der Waals surface area contributed by atoms with E-state index >= 15 is 0 Å². The average molecular weight is 334 g/mol. The molecular weight excluding hydrogens is 312 g/mol. The first-order valence-electron chi connectivity index (χ1n) is 8.74. The van der Waals surface area contributed by atoms with Crippen molar-refractivity contribution in [2.24, 2.45) is 7.05 Å². The van der Waals surface area contributed by atoms with Crippen LogP contribution in [0.15, 0.2) is 48.8 Å². The first-order valence-corrected chi connectivity index (χ1v) is 8.74. The van der Waals surface area contributed by atoms with Crippen molar-refractivity contribution in [3.05, 3.63) is 59.9 Å². The Kier molecular flexibility index (Phi) is 4.14. The number of fused-ring (bicyclic) bond motifs is 1. The van der Waals surface area contributed by atoms with E-state index < -0.39 is 0 Å². The van der Waals surface area contributed by atoms with Gasteiger partial charge in [-0.1, -0.05) is 18.2 Å². The Labute approximate surface area is 147 Å². The van der Waals surface area contributed by atoms with Gasteiger partial charge in [-0.05, 0) is 36.6 Å². The van der Waals surface area contributed by atoms with Gasteiger partial charge in [0.25, 0.3) is 5.91 Å². The third-order valence-corrected chi connectivity index (χ3v) is 4.83. The number of anilines is 1. The maximum Gasteiger partial charge on any atom is 0.253 e. The molecule has 2 aromatic heterocycles. The average Bonchev–Trinajstić information content (AvgIpc) is 3.29. The molecule has 1 aliphatic heterocycles. The molecule has 0 bridgehead atoms. The molecule has 0 atom stereocenters. The lowest BCUT2D eigenvalue weighted by molar-refractivity contribution is 0.0952. The highest BCUT2D eigenvalue weighted by molar-refractivity contribution is 6.06. The number of hydrogen-bond donors (Lipinski definition) is 1. The van der Waals surface area contributed by atoms with Gasteiger partial charge in [-0.2, -0.15) is 0 Å². The lowest BCUT2D eigenvalue weighted by Gasteiger charge is -2.17. The Morgan fingerprint density at radius 2 is 2.00 bits per heavy atom. The zero-order chi connectivity index (χ0) is 17.2. The molecule has 0 saturated carbocycles. The van der Waals surface area contributed by atoms with E-state index in [4.69, 9.17) is 0 Å². The second-order valence-electron chi connectivity index (χ2n) is 6.57. The van der Waals surface area contributed by atoms with Crippen LogP contribution in [0, 0.1) is 0 Å². The Balaban J connectivity index is 1.49. The van der Waals surface area contributed by atoms with Gasteiger partial charge >= 0.3 is 0 Å². The van der Waals surface area contributed by atoms with Crippen molar-refractivity contribution in [2.75, 3.05) is 18.0 Å². The topological polar surface area (TPSA) is 50.2 Å². The Morgan fingerprint density at radius 1 is 1.20 bits per heavy atom. The molecule has 1 N–H and O–H groups in total. The minimum Gasteiger partial charge on any atom is -0.357 e. The van der Waals surface area contributed by atoms with Gasteiger partial charge in [-0.3, -0.25) is 4.79 Å². The van der Waals surface area contributed by atoms with Crippen molar-refractivity contribution in [3.63, 3.8) is 0 Å². The summed E-state index contributed by atoms with van der Waals surface area (Å²) in [6.07, 6.45) is 6.17. The van der Waals surface area contributed by atoms with Crippen LogP contribution in [0.2, 0.25) is 0 Å². The van der Waals surface area contributed by atoms with Crippen LogP contribution in [0.25, 0.3) is 10.9 Å². The zero-order valence-corrected chi connectivity index (χ0v) is 14.4. The van der Waals surface area contributed by atoms with Gasteiger partial charge in [0, 0.05) is 50.0 Å². The number of nitrogens with zero attached hydrogens (tertiary/aromatic N) is 3. The maximum atomic E-state index is 12.6. The number of para-hydroxylation sites is 1. The molecule has 1 amide bonds. The fourth-order valence-corrected chi connectivity index (χ4v) is 3.49. The van der Waals surface area contributed by atoms with E-state index in [-0.39, 0.29) is 5.91 Å². The van der Waals surface area contributed by atoms with E-state index in [9.17, 15) is 4.79 Å². The summed E-state index contributed by atoms with van der Waals surface area (Å²) in [4.78, 5) is 19.4. The first-order chi connectivity index (χ1) is 12.2. The van der Waals surface area contributed by atoms with Crippen LogP contribution < -0.4 is 10.2 Å². The largest absolute Gasteiger partial charge is 0.357 e. The maximum absolute atomic E-state index is 12.6. The monoisotopic (exact) mass is 334 g/mol. The van der Waals surface area contributed by atoms with Crippen molar-refractivity contribution < 1.29 is 4.79 Å². The second kappa shape index (κ2) is 6.59. The third kappa shape index (κ3) is 3.09. The highest BCUT2D eigenvalue weighted by atomic mass is 16.1. The Bertz CT molecular complexity index is 909. The minimum absolute atomic E-state index is 0.0451. The molecule has 1 fully saturated rings. The number of rotatable bonds is 4. The van der Waals surface area contributed by atoms with Gasteiger partial charge in [0.05, 0.1) is 5.56 Å². The molecular formula is C20H22N4O. The molecule has 1 aliphatic rings. The molecule has 5 nitrogen and oxygen atoms in total. The van der Waals surface area contributed by atoms with Crippen LogP contribution >= 0.6 is 0 Å². The molecule has 0 unspecified atom stereocenters. The minimum atomic E-state index is -0.0451. The summed E-state index contributed by atoms with van der Waals surface area (Å²) < 4.78 is 1.99. The van der Waals surface area contributed by atoms with E-state index in [2.05, 4.69) is 21.3 Å². The summed E-state index contributed by atoms with van der Waals surface area (Å²) in [5.41, 5.74) is 2.85. The molecule has 5 heteroatoms. The SMILES string of the molecule is Cn1cc(C(=O)NCc2ccnc(N3CCCC3)c2)c2ccccc21. The van der Waals surface area contributed by atoms with Crippen LogP contribution in [0.3, 0.4) is 0 Å². The standard InChI is InChI=1S/C20H22N4O/c1-23-14-17(16-6-2-3-7-18(16)23)20(25)22-13-15-8-9-21-19(12-15)24-10-4-5-11-24/h2-3,6-9,12,14H,4-5,10-11,13H2,1H3,(H,22,25). The molecule has 3 heterocycles. The van der Waals surface area contributed by atoms with Crippen LogP contribution in [0.1, 0.15) is 28.8 Å². The molecule has 0 spiro atoms. The quantitative estimate of drug-likeness (QED) is 0.798. The van der Waals surface area contributed by atoms with Crippen LogP contribution in [-0.2, 0) is 13.6 Å². The second-order valence-corrected chi connectivity index (χ2v) is 6.57. The summed E-state index contributed by atoms with van der Waals surface area (Å²) in [7, 11) is 1.96. The fourth-order valence-electron chi connectivity index (χ4n) is 3.49. The number of pyridine rings is 1. The Morgan fingerprint density at radius 3 is 2.84 bits per heavy atom. The number of benzene rings is 1. The van der Waals surface area contributed by atoms with Crippen LogP contribution in [0.5, 0.6) is 0 Å². The summed E-state index contributed by atoms with van der Waals surface area (Å²) in [5, 5.41) is 4.02. The lowest BCUT2D eigenvalue weighted by atomic mass is 10.1. The molecule has 0 radical (unpaired) electrons. The number of carbonyl (C=O) groups excluding carboxylic acids is 1. The highest BCUT2D eigenvalue weighted by Crippen LogP contribution is 2.21. The highest BCUT2D eigenvalue weighted by Gasteiger charge is 2.15. The number of nitrogens with one attached hydrogen (secondary N) is 1. The normalized spacial score (nSPS) is 14.2. The van der Waals surface area contributed by atoms with Gasteiger partial charge in [0.1, 0.15) is 5.82 Å². The van der Waals surface area contributed by atoms with Crippen molar-refractivity contribution in [1.82, 2.24) is 14.9 Å². The number of hydrogen-bond acceptors (Lipinski definition) is 3. The van der Waals surface area contributed by atoms with Gasteiger partial charge < -0.3 is 14.8 Å². The van der Waals surface area contributed by atoms with Crippen molar-refractivity contribution in [2.45, 2.75) is 19.4 Å². The van der Waals surface area contributed by atoms with Crippen molar-refractivity contribution in [3.8, 4) is 0 Å². The molecule has 1 saturated heterocycles. The van der Waals surface area contributed by atoms with Crippen LogP contribution in [-0.4, -0.2) is 28.5 Å². The van der Waals surface area contributed by atoms with Gasteiger partial charge in [-0.25, -0.2) is 4.98 Å². The third-order valence-electron chi connectivity index (χ3n) is 4.83. The predicted molar refractivity (Wildman–Crippen MR) is 99.8 cm³/mol. The van der Waals surface area contributed by atoms with E-state index in [0.717, 1.165) is 35.4 Å². The Hall–Kier alpha value is -2.82. The van der Waals surface area contributed by atoms with Crippen molar-refractivity contribution >= 4 is 22.6 Å². The summed E-state index contributed by atoms with van der Waals surface area (Å²) in [6, 6.07) is 12.0. The molecule has 3 aromatic rings. The predicted octanol–water partition coefficient (Wildman–Crippen LogP) is 3.10. The van der Waals surface area contributed by atoms with Crippen molar-refractivity contribution in [1.29, 1.82) is 0 Å². The number of aromatic nitrogens is 2. The summed E-state index contributed by atoms with van der Waals surface area (Å²) >= 11 is 0. The van der Waals surface area contributed by atoms with Gasteiger partial charge in [0.15, 0.2) is 0 Å².